The van der Waals surface area contributed by atoms with Crippen LogP contribution in [0.5, 0.6) is 0 Å². The molecule has 0 bridgehead atoms. The van der Waals surface area contributed by atoms with Gasteiger partial charge in [0.2, 0.25) is 0 Å². The van der Waals surface area contributed by atoms with Crippen LogP contribution in [0.3, 0.4) is 0 Å². The second-order valence-electron chi connectivity index (χ2n) is 5.43. The molecule has 0 spiro atoms. The first kappa shape index (κ1) is 16.1. The average Bonchev–Trinajstić information content (AvgIpc) is 3.25. The molecule has 0 aromatic carbocycles. The van der Waals surface area contributed by atoms with E-state index in [4.69, 9.17) is 0 Å². The van der Waals surface area contributed by atoms with Crippen molar-refractivity contribution in [3.63, 3.8) is 0 Å². The molecule has 1 saturated carbocycles. The second kappa shape index (κ2) is 6.64. The molecular formula is C15H22F3N3. The summed E-state index contributed by atoms with van der Waals surface area (Å²) in [5, 5.41) is 3.21. The van der Waals surface area contributed by atoms with Crippen molar-refractivity contribution >= 4 is 5.82 Å². The van der Waals surface area contributed by atoms with Gasteiger partial charge in [-0.1, -0.05) is 13.8 Å². The maximum atomic E-state index is 12.8. The Kier molecular flexibility index (Phi) is 5.08. The van der Waals surface area contributed by atoms with Crippen LogP contribution in [-0.4, -0.2) is 30.3 Å². The quantitative estimate of drug-likeness (QED) is 0.837. The van der Waals surface area contributed by atoms with Gasteiger partial charge in [-0.15, -0.1) is 0 Å². The summed E-state index contributed by atoms with van der Waals surface area (Å²) < 4.78 is 38.3. The molecule has 3 nitrogen and oxygen atoms in total. The molecule has 0 aliphatic heterocycles. The summed E-state index contributed by atoms with van der Waals surface area (Å²) in [4.78, 5) is 5.82. The molecular weight excluding hydrogens is 279 g/mol. The third kappa shape index (κ3) is 4.88. The van der Waals surface area contributed by atoms with E-state index in [1.165, 1.54) is 4.90 Å². The fourth-order valence-corrected chi connectivity index (χ4v) is 2.31. The zero-order chi connectivity index (χ0) is 15.5. The number of rotatable bonds is 7. The van der Waals surface area contributed by atoms with Crippen LogP contribution in [0.4, 0.5) is 19.0 Å². The van der Waals surface area contributed by atoms with Crippen LogP contribution in [0.1, 0.15) is 37.9 Å². The molecule has 118 valence electrons. The molecule has 21 heavy (non-hydrogen) atoms. The Hall–Kier alpha value is -1.30. The zero-order valence-electron chi connectivity index (χ0n) is 12.5. The van der Waals surface area contributed by atoms with Crippen molar-refractivity contribution in [2.45, 2.75) is 51.9 Å². The fourth-order valence-electron chi connectivity index (χ4n) is 2.31. The van der Waals surface area contributed by atoms with Gasteiger partial charge in [0.25, 0.3) is 0 Å². The van der Waals surface area contributed by atoms with Crippen LogP contribution in [0.2, 0.25) is 0 Å². The molecule has 1 aromatic rings. The SMILES string of the molecule is CCNCc1cc(CC)nc(N(CC(F)(F)F)C2CC2)c1. The van der Waals surface area contributed by atoms with Crippen LogP contribution in [-0.2, 0) is 13.0 Å². The van der Waals surface area contributed by atoms with E-state index >= 15 is 0 Å². The number of pyridine rings is 1. The minimum atomic E-state index is -4.20. The van der Waals surface area contributed by atoms with Gasteiger partial charge < -0.3 is 10.2 Å². The van der Waals surface area contributed by atoms with Crippen LogP contribution in [0.15, 0.2) is 12.1 Å². The third-order valence-electron chi connectivity index (χ3n) is 3.50. The Labute approximate surface area is 123 Å². The highest BCUT2D eigenvalue weighted by Gasteiger charge is 2.38. The van der Waals surface area contributed by atoms with E-state index in [0.717, 1.165) is 37.1 Å². The summed E-state index contributed by atoms with van der Waals surface area (Å²) in [6.45, 7) is 4.54. The van der Waals surface area contributed by atoms with Crippen LogP contribution in [0.25, 0.3) is 0 Å². The van der Waals surface area contributed by atoms with Crippen molar-refractivity contribution in [2.75, 3.05) is 18.0 Å². The van der Waals surface area contributed by atoms with Gasteiger partial charge >= 0.3 is 6.18 Å². The molecule has 0 unspecified atom stereocenters. The van der Waals surface area contributed by atoms with Crippen molar-refractivity contribution in [3.8, 4) is 0 Å². The fraction of sp³-hybridized carbons (Fsp3) is 0.667. The molecule has 1 aliphatic rings. The highest BCUT2D eigenvalue weighted by Crippen LogP contribution is 2.34. The second-order valence-corrected chi connectivity index (χ2v) is 5.43. The van der Waals surface area contributed by atoms with Gasteiger partial charge in [0, 0.05) is 18.3 Å². The predicted molar refractivity (Wildman–Crippen MR) is 77.4 cm³/mol. The predicted octanol–water partition coefficient (Wildman–Crippen LogP) is 3.28. The Balaban J connectivity index is 2.25. The molecule has 1 heterocycles. The van der Waals surface area contributed by atoms with Crippen LogP contribution in [0, 0.1) is 0 Å². The summed E-state index contributed by atoms with van der Waals surface area (Å²) in [6, 6.07) is 3.73. The van der Waals surface area contributed by atoms with E-state index in [-0.39, 0.29) is 6.04 Å². The third-order valence-corrected chi connectivity index (χ3v) is 3.50. The standard InChI is InChI=1S/C15H22F3N3/c1-3-12-7-11(9-19-4-2)8-14(20-12)21(13-5-6-13)10-15(16,17)18/h7-8,13,19H,3-6,9-10H2,1-2H3. The molecule has 0 amide bonds. The van der Waals surface area contributed by atoms with Gasteiger partial charge in [-0.25, -0.2) is 4.98 Å². The summed E-state index contributed by atoms with van der Waals surface area (Å²) in [6.07, 6.45) is -1.85. The van der Waals surface area contributed by atoms with Gasteiger partial charge in [-0.2, -0.15) is 13.2 Å². The van der Waals surface area contributed by atoms with E-state index in [1.54, 1.807) is 6.07 Å². The lowest BCUT2D eigenvalue weighted by Crippen LogP contribution is -2.36. The molecule has 1 aromatic heterocycles. The summed E-state index contributed by atoms with van der Waals surface area (Å²) in [5.41, 5.74) is 1.83. The topological polar surface area (TPSA) is 28.2 Å². The molecule has 0 saturated heterocycles. The molecule has 0 atom stereocenters. The maximum absolute atomic E-state index is 12.8. The Bertz CT molecular complexity index is 470. The lowest BCUT2D eigenvalue weighted by Gasteiger charge is -2.25. The van der Waals surface area contributed by atoms with Gasteiger partial charge in [0.05, 0.1) is 0 Å². The van der Waals surface area contributed by atoms with Gasteiger partial charge in [0.15, 0.2) is 0 Å². The molecule has 2 rings (SSSR count). The summed E-state index contributed by atoms with van der Waals surface area (Å²) in [5.74, 6) is 0.460. The monoisotopic (exact) mass is 301 g/mol. The average molecular weight is 301 g/mol. The van der Waals surface area contributed by atoms with Gasteiger partial charge in [0.1, 0.15) is 12.4 Å². The first-order valence-electron chi connectivity index (χ1n) is 7.47. The van der Waals surface area contributed by atoms with E-state index in [1.807, 2.05) is 19.9 Å². The number of nitrogens with zero attached hydrogens (tertiary/aromatic N) is 2. The molecule has 1 fully saturated rings. The highest BCUT2D eigenvalue weighted by molar-refractivity contribution is 5.45. The van der Waals surface area contributed by atoms with Crippen molar-refractivity contribution in [3.05, 3.63) is 23.4 Å². The molecule has 1 N–H and O–H groups in total. The zero-order valence-corrected chi connectivity index (χ0v) is 12.5. The number of anilines is 1. The van der Waals surface area contributed by atoms with Crippen LogP contribution < -0.4 is 10.2 Å². The minimum Gasteiger partial charge on any atom is -0.345 e. The minimum absolute atomic E-state index is 0.0155. The Morgan fingerprint density at radius 1 is 1.29 bits per heavy atom. The van der Waals surface area contributed by atoms with Gasteiger partial charge in [-0.05, 0) is 43.5 Å². The number of halogens is 3. The normalized spacial score (nSPS) is 15.3. The van der Waals surface area contributed by atoms with Crippen molar-refractivity contribution in [2.24, 2.45) is 0 Å². The highest BCUT2D eigenvalue weighted by atomic mass is 19.4. The smallest absolute Gasteiger partial charge is 0.345 e. The Morgan fingerprint density at radius 2 is 2.00 bits per heavy atom. The number of aromatic nitrogens is 1. The van der Waals surface area contributed by atoms with Crippen molar-refractivity contribution in [1.82, 2.24) is 10.3 Å². The maximum Gasteiger partial charge on any atom is 0.405 e. The number of hydrogen-bond acceptors (Lipinski definition) is 3. The first-order chi connectivity index (χ1) is 9.93. The summed E-state index contributed by atoms with van der Waals surface area (Å²) >= 11 is 0. The molecule has 0 radical (unpaired) electrons. The van der Waals surface area contributed by atoms with E-state index in [9.17, 15) is 13.2 Å². The van der Waals surface area contributed by atoms with Crippen molar-refractivity contribution in [1.29, 1.82) is 0 Å². The lowest BCUT2D eigenvalue weighted by molar-refractivity contribution is -0.120. The van der Waals surface area contributed by atoms with Crippen molar-refractivity contribution < 1.29 is 13.2 Å². The van der Waals surface area contributed by atoms with E-state index < -0.39 is 12.7 Å². The number of nitrogens with one attached hydrogen (secondary N) is 1. The Morgan fingerprint density at radius 3 is 2.52 bits per heavy atom. The van der Waals surface area contributed by atoms with E-state index in [2.05, 4.69) is 10.3 Å². The summed E-state index contributed by atoms with van der Waals surface area (Å²) in [7, 11) is 0. The van der Waals surface area contributed by atoms with Crippen LogP contribution >= 0.6 is 0 Å². The number of hydrogen-bond donors (Lipinski definition) is 1. The number of alkyl halides is 3. The van der Waals surface area contributed by atoms with E-state index in [0.29, 0.717) is 12.4 Å². The molecule has 1 aliphatic carbocycles. The first-order valence-corrected chi connectivity index (χ1v) is 7.47. The number of aryl methyl sites for hydroxylation is 1. The molecule has 6 heteroatoms. The van der Waals surface area contributed by atoms with Gasteiger partial charge in [-0.3, -0.25) is 0 Å². The lowest BCUT2D eigenvalue weighted by atomic mass is 10.2. The largest absolute Gasteiger partial charge is 0.405 e.